The molecule has 0 spiro atoms. The Morgan fingerprint density at radius 3 is 2.09 bits per heavy atom. The standard InChI is InChI=1S/C9H13N3O2.C6H12O2/c10-6-8(11)5-7-1-3-9(4-2-7)12(13)14;1-5(7)8-6(2,3)4/h1-4,8H,5-6,10-11H2;1-4H3. The van der Waals surface area contributed by atoms with Gasteiger partial charge in [-0.1, -0.05) is 12.1 Å². The summed E-state index contributed by atoms with van der Waals surface area (Å²) in [6.45, 7) is 7.35. The third kappa shape index (κ3) is 9.84. The van der Waals surface area contributed by atoms with Gasteiger partial charge in [0, 0.05) is 31.6 Å². The summed E-state index contributed by atoms with van der Waals surface area (Å²) in [5.41, 5.74) is 11.7. The van der Waals surface area contributed by atoms with Crippen LogP contribution in [0.3, 0.4) is 0 Å². The van der Waals surface area contributed by atoms with Crippen LogP contribution in [0.5, 0.6) is 0 Å². The van der Waals surface area contributed by atoms with Crippen LogP contribution in [-0.4, -0.2) is 29.1 Å². The van der Waals surface area contributed by atoms with Crippen LogP contribution >= 0.6 is 0 Å². The van der Waals surface area contributed by atoms with E-state index in [1.807, 2.05) is 20.8 Å². The van der Waals surface area contributed by atoms with Gasteiger partial charge < -0.3 is 16.2 Å². The van der Waals surface area contributed by atoms with E-state index in [2.05, 4.69) is 0 Å². The lowest BCUT2D eigenvalue weighted by atomic mass is 10.1. The minimum Gasteiger partial charge on any atom is -0.460 e. The summed E-state index contributed by atoms with van der Waals surface area (Å²) >= 11 is 0. The fourth-order valence-electron chi connectivity index (χ4n) is 1.57. The number of benzene rings is 1. The first kappa shape index (κ1) is 20.0. The predicted octanol–water partition coefficient (Wildman–Crippen LogP) is 1.77. The number of nitrogens with zero attached hydrogens (tertiary/aromatic N) is 1. The Labute approximate surface area is 130 Å². The molecule has 0 fully saturated rings. The molecule has 1 rings (SSSR count). The number of hydrogen-bond acceptors (Lipinski definition) is 6. The number of hydrogen-bond donors (Lipinski definition) is 2. The maximum absolute atomic E-state index is 10.4. The smallest absolute Gasteiger partial charge is 0.303 e. The van der Waals surface area contributed by atoms with E-state index in [-0.39, 0.29) is 23.3 Å². The molecule has 0 aliphatic carbocycles. The van der Waals surface area contributed by atoms with Crippen LogP contribution in [-0.2, 0) is 16.0 Å². The number of carbonyl (C=O) groups is 1. The quantitative estimate of drug-likeness (QED) is 0.496. The second-order valence-corrected chi connectivity index (χ2v) is 5.83. The van der Waals surface area contributed by atoms with E-state index in [9.17, 15) is 14.9 Å². The van der Waals surface area contributed by atoms with Gasteiger partial charge in [0.15, 0.2) is 0 Å². The lowest BCUT2D eigenvalue weighted by Gasteiger charge is -2.17. The topological polar surface area (TPSA) is 121 Å². The highest BCUT2D eigenvalue weighted by Gasteiger charge is 2.11. The SMILES string of the molecule is CC(=O)OC(C)(C)C.NCC(N)Cc1ccc([N+](=O)[O-])cc1. The van der Waals surface area contributed by atoms with E-state index >= 15 is 0 Å². The number of rotatable bonds is 4. The molecule has 4 N–H and O–H groups in total. The van der Waals surface area contributed by atoms with Gasteiger partial charge >= 0.3 is 5.97 Å². The molecule has 0 bridgehead atoms. The van der Waals surface area contributed by atoms with Crippen molar-refractivity contribution >= 4 is 11.7 Å². The average molecular weight is 311 g/mol. The van der Waals surface area contributed by atoms with Crippen molar-refractivity contribution in [3.63, 3.8) is 0 Å². The molecule has 124 valence electrons. The summed E-state index contributed by atoms with van der Waals surface area (Å²) in [5, 5.41) is 10.4. The summed E-state index contributed by atoms with van der Waals surface area (Å²) in [6, 6.07) is 6.26. The molecule has 0 heterocycles. The van der Waals surface area contributed by atoms with E-state index in [4.69, 9.17) is 16.2 Å². The fourth-order valence-corrected chi connectivity index (χ4v) is 1.57. The van der Waals surface area contributed by atoms with Gasteiger partial charge in [-0.15, -0.1) is 0 Å². The molecule has 7 nitrogen and oxygen atoms in total. The van der Waals surface area contributed by atoms with Crippen molar-refractivity contribution in [2.45, 2.75) is 45.8 Å². The zero-order valence-corrected chi connectivity index (χ0v) is 13.5. The first-order valence-corrected chi connectivity index (χ1v) is 6.93. The largest absolute Gasteiger partial charge is 0.460 e. The average Bonchev–Trinajstić information content (AvgIpc) is 2.37. The van der Waals surface area contributed by atoms with Crippen molar-refractivity contribution in [2.24, 2.45) is 11.5 Å². The molecule has 0 saturated carbocycles. The van der Waals surface area contributed by atoms with Crippen molar-refractivity contribution < 1.29 is 14.5 Å². The van der Waals surface area contributed by atoms with E-state index in [0.29, 0.717) is 13.0 Å². The minimum atomic E-state index is -0.424. The molecule has 0 aliphatic heterocycles. The number of nitrogens with two attached hydrogens (primary N) is 2. The zero-order chi connectivity index (χ0) is 17.3. The van der Waals surface area contributed by atoms with Gasteiger partial charge in [-0.05, 0) is 32.8 Å². The highest BCUT2D eigenvalue weighted by atomic mass is 16.6. The summed E-state index contributed by atoms with van der Waals surface area (Å²) in [4.78, 5) is 20.2. The van der Waals surface area contributed by atoms with Crippen LogP contribution in [0, 0.1) is 10.1 Å². The van der Waals surface area contributed by atoms with Gasteiger partial charge in [0.1, 0.15) is 5.60 Å². The van der Waals surface area contributed by atoms with Gasteiger partial charge in [-0.3, -0.25) is 14.9 Å². The molecule has 0 aliphatic rings. The van der Waals surface area contributed by atoms with Gasteiger partial charge in [-0.2, -0.15) is 0 Å². The lowest BCUT2D eigenvalue weighted by Crippen LogP contribution is -2.31. The van der Waals surface area contributed by atoms with Crippen molar-refractivity contribution in [1.82, 2.24) is 0 Å². The molecule has 1 aromatic rings. The van der Waals surface area contributed by atoms with Crippen LogP contribution in [0.2, 0.25) is 0 Å². The van der Waals surface area contributed by atoms with Crippen LogP contribution in [0.1, 0.15) is 33.3 Å². The molecular weight excluding hydrogens is 286 g/mol. The summed E-state index contributed by atoms with van der Waals surface area (Å²) in [7, 11) is 0. The second-order valence-electron chi connectivity index (χ2n) is 5.83. The third-order valence-corrected chi connectivity index (χ3v) is 2.40. The number of non-ortho nitro benzene ring substituents is 1. The molecule has 22 heavy (non-hydrogen) atoms. The Hall–Kier alpha value is -1.99. The molecule has 1 aromatic carbocycles. The Morgan fingerprint density at radius 1 is 1.32 bits per heavy atom. The maximum atomic E-state index is 10.4. The van der Waals surface area contributed by atoms with Gasteiger partial charge in [0.05, 0.1) is 4.92 Å². The maximum Gasteiger partial charge on any atom is 0.303 e. The molecule has 7 heteroatoms. The zero-order valence-electron chi connectivity index (χ0n) is 13.5. The molecule has 1 unspecified atom stereocenters. The first-order valence-electron chi connectivity index (χ1n) is 6.93. The van der Waals surface area contributed by atoms with E-state index in [1.54, 1.807) is 12.1 Å². The number of nitro benzene ring substituents is 1. The number of nitro groups is 1. The van der Waals surface area contributed by atoms with Crippen molar-refractivity contribution in [1.29, 1.82) is 0 Å². The van der Waals surface area contributed by atoms with Gasteiger partial charge in [0.2, 0.25) is 0 Å². The van der Waals surface area contributed by atoms with Crippen molar-refractivity contribution in [3.05, 3.63) is 39.9 Å². The Morgan fingerprint density at radius 2 is 1.82 bits per heavy atom. The summed E-state index contributed by atoms with van der Waals surface area (Å²) in [6.07, 6.45) is 0.647. The molecule has 0 aromatic heterocycles. The number of esters is 1. The van der Waals surface area contributed by atoms with Crippen LogP contribution in [0.15, 0.2) is 24.3 Å². The molecule has 0 saturated heterocycles. The molecular formula is C15H25N3O4. The number of ether oxygens (including phenoxy) is 1. The molecule has 0 amide bonds. The second kappa shape index (κ2) is 9.11. The summed E-state index contributed by atoms with van der Waals surface area (Å²) < 4.78 is 4.80. The third-order valence-electron chi connectivity index (χ3n) is 2.40. The predicted molar refractivity (Wildman–Crippen MR) is 85.3 cm³/mol. The van der Waals surface area contributed by atoms with E-state index in [1.165, 1.54) is 19.1 Å². The minimum absolute atomic E-state index is 0.0866. The lowest BCUT2D eigenvalue weighted by molar-refractivity contribution is -0.384. The van der Waals surface area contributed by atoms with Crippen LogP contribution in [0.4, 0.5) is 5.69 Å². The summed E-state index contributed by atoms with van der Waals surface area (Å²) in [5.74, 6) is -0.225. The molecule has 1 atom stereocenters. The van der Waals surface area contributed by atoms with Crippen molar-refractivity contribution in [3.8, 4) is 0 Å². The number of carbonyl (C=O) groups excluding carboxylic acids is 1. The van der Waals surface area contributed by atoms with Gasteiger partial charge in [-0.25, -0.2) is 0 Å². The normalized spacial score (nSPS) is 11.9. The highest BCUT2D eigenvalue weighted by molar-refractivity contribution is 5.66. The van der Waals surface area contributed by atoms with Crippen LogP contribution in [0.25, 0.3) is 0 Å². The monoisotopic (exact) mass is 311 g/mol. The first-order chi connectivity index (χ1) is 10.0. The van der Waals surface area contributed by atoms with Crippen molar-refractivity contribution in [2.75, 3.05) is 6.54 Å². The Bertz CT molecular complexity index is 481. The Kier molecular flexibility index (Phi) is 8.29. The van der Waals surface area contributed by atoms with E-state index in [0.717, 1.165) is 5.56 Å². The van der Waals surface area contributed by atoms with Gasteiger partial charge in [0.25, 0.3) is 5.69 Å². The molecule has 0 radical (unpaired) electrons. The fraction of sp³-hybridized carbons (Fsp3) is 0.533. The van der Waals surface area contributed by atoms with E-state index < -0.39 is 4.92 Å². The van der Waals surface area contributed by atoms with Crippen LogP contribution < -0.4 is 11.5 Å². The highest BCUT2D eigenvalue weighted by Crippen LogP contribution is 2.12. The Balaban J connectivity index is 0.000000472.